The average molecular weight is 567 g/mol. The normalized spacial score (nSPS) is 11.3. The number of nitrogens with zero attached hydrogens (tertiary/aromatic N) is 2. The molecule has 8 rings (SSSR count). The number of benzene rings is 6. The van der Waals surface area contributed by atoms with Gasteiger partial charge in [-0.2, -0.15) is 0 Å². The minimum absolute atomic E-state index is 0.742. The molecule has 0 fully saturated rings. The molecule has 0 aliphatic heterocycles. The van der Waals surface area contributed by atoms with Crippen LogP contribution in [0.1, 0.15) is 0 Å². The van der Waals surface area contributed by atoms with E-state index < -0.39 is 0 Å². The van der Waals surface area contributed by atoms with E-state index in [1.807, 2.05) is 6.07 Å². The van der Waals surface area contributed by atoms with Gasteiger partial charge in [-0.1, -0.05) is 140 Å². The summed E-state index contributed by atoms with van der Waals surface area (Å²) in [6, 6.07) is 55.6. The van der Waals surface area contributed by atoms with E-state index in [0.717, 1.165) is 44.0 Å². The first kappa shape index (κ1) is 25.3. The van der Waals surface area contributed by atoms with Crippen molar-refractivity contribution in [1.29, 1.82) is 0 Å². The molecule has 0 saturated heterocycles. The molecule has 0 saturated carbocycles. The van der Waals surface area contributed by atoms with Crippen LogP contribution in [0, 0.1) is 0 Å². The van der Waals surface area contributed by atoms with Crippen LogP contribution in [0.3, 0.4) is 0 Å². The third-order valence-electron chi connectivity index (χ3n) is 7.91. The Kier molecular flexibility index (Phi) is 6.36. The van der Waals surface area contributed by atoms with Gasteiger partial charge in [-0.05, 0) is 51.6 Å². The van der Waals surface area contributed by atoms with Gasteiger partial charge in [0.2, 0.25) is 0 Å². The molecule has 0 amide bonds. The molecule has 2 aromatic heterocycles. The van der Waals surface area contributed by atoms with Crippen molar-refractivity contribution in [3.05, 3.63) is 158 Å². The molecule has 202 valence electrons. The van der Waals surface area contributed by atoms with Gasteiger partial charge < -0.3 is 0 Å². The lowest BCUT2D eigenvalue weighted by molar-refractivity contribution is 1.24. The third kappa shape index (κ3) is 4.80. The van der Waals surface area contributed by atoms with Crippen LogP contribution >= 0.6 is 11.3 Å². The van der Waals surface area contributed by atoms with Crippen molar-refractivity contribution in [3.63, 3.8) is 0 Å². The van der Waals surface area contributed by atoms with Gasteiger partial charge in [0, 0.05) is 21.2 Å². The van der Waals surface area contributed by atoms with E-state index in [2.05, 4.69) is 152 Å². The molecule has 0 spiro atoms. The summed E-state index contributed by atoms with van der Waals surface area (Å²) in [6.07, 6.45) is 0. The minimum Gasteiger partial charge on any atom is -0.226 e. The van der Waals surface area contributed by atoms with Crippen LogP contribution < -0.4 is 0 Å². The summed E-state index contributed by atoms with van der Waals surface area (Å²) in [4.78, 5) is 10.3. The van der Waals surface area contributed by atoms with Crippen molar-refractivity contribution in [2.45, 2.75) is 0 Å². The molecule has 0 bridgehead atoms. The monoisotopic (exact) mass is 566 g/mol. The van der Waals surface area contributed by atoms with Crippen molar-refractivity contribution in [2.75, 3.05) is 0 Å². The predicted octanol–water partition coefficient (Wildman–Crippen LogP) is 11.2. The van der Waals surface area contributed by atoms with Crippen LogP contribution in [0.25, 0.3) is 76.3 Å². The summed E-state index contributed by atoms with van der Waals surface area (Å²) >= 11 is 1.76. The Morgan fingerprint density at radius 1 is 0.372 bits per heavy atom. The Morgan fingerprint density at radius 2 is 0.860 bits per heavy atom. The Bertz CT molecular complexity index is 2220. The molecule has 2 nitrogen and oxygen atoms in total. The number of aromatic nitrogens is 2. The van der Waals surface area contributed by atoms with E-state index >= 15 is 0 Å². The van der Waals surface area contributed by atoms with Crippen molar-refractivity contribution in [1.82, 2.24) is 9.97 Å². The molecule has 0 aliphatic rings. The van der Waals surface area contributed by atoms with Gasteiger partial charge in [0.25, 0.3) is 0 Å². The fraction of sp³-hybridized carbons (Fsp3) is 0. The zero-order chi connectivity index (χ0) is 28.6. The fourth-order valence-corrected chi connectivity index (χ4v) is 6.87. The lowest BCUT2D eigenvalue weighted by Crippen LogP contribution is -1.94. The zero-order valence-corrected chi connectivity index (χ0v) is 24.1. The summed E-state index contributed by atoms with van der Waals surface area (Å²) < 4.78 is 2.35. The predicted molar refractivity (Wildman–Crippen MR) is 182 cm³/mol. The van der Waals surface area contributed by atoms with Crippen molar-refractivity contribution in [2.24, 2.45) is 0 Å². The van der Waals surface area contributed by atoms with Crippen LogP contribution in [0.15, 0.2) is 158 Å². The van der Waals surface area contributed by atoms with Crippen LogP contribution in [-0.2, 0) is 0 Å². The van der Waals surface area contributed by atoms with Crippen LogP contribution in [-0.4, -0.2) is 9.97 Å². The SMILES string of the molecule is c1ccc(-c2cccc(-c3ccc(-c4cccc(-c5nc(-c6ccccc6)c6sc7ccccc7c6n5)c4)cc3)c2)cc1. The summed E-state index contributed by atoms with van der Waals surface area (Å²) in [6.45, 7) is 0. The Hall–Kier alpha value is -5.38. The summed E-state index contributed by atoms with van der Waals surface area (Å²) in [5.41, 5.74) is 11.3. The van der Waals surface area contributed by atoms with E-state index in [-0.39, 0.29) is 0 Å². The number of hydrogen-bond donors (Lipinski definition) is 0. The van der Waals surface area contributed by atoms with Crippen LogP contribution in [0.2, 0.25) is 0 Å². The van der Waals surface area contributed by atoms with E-state index in [1.54, 1.807) is 11.3 Å². The molecule has 0 radical (unpaired) electrons. The summed E-state index contributed by atoms with van der Waals surface area (Å²) in [5, 5.41) is 1.17. The molecule has 8 aromatic rings. The largest absolute Gasteiger partial charge is 0.226 e. The Balaban J connectivity index is 1.18. The van der Waals surface area contributed by atoms with Gasteiger partial charge >= 0.3 is 0 Å². The van der Waals surface area contributed by atoms with Crippen molar-refractivity contribution < 1.29 is 0 Å². The highest BCUT2D eigenvalue weighted by Gasteiger charge is 2.16. The quantitative estimate of drug-likeness (QED) is 0.207. The van der Waals surface area contributed by atoms with E-state index in [9.17, 15) is 0 Å². The van der Waals surface area contributed by atoms with Crippen molar-refractivity contribution >= 4 is 31.6 Å². The van der Waals surface area contributed by atoms with Gasteiger partial charge in [-0.3, -0.25) is 0 Å². The third-order valence-corrected chi connectivity index (χ3v) is 9.08. The highest BCUT2D eigenvalue weighted by molar-refractivity contribution is 7.26. The lowest BCUT2D eigenvalue weighted by Gasteiger charge is -2.10. The number of rotatable bonds is 5. The maximum Gasteiger partial charge on any atom is 0.160 e. The molecule has 0 atom stereocenters. The molecule has 0 N–H and O–H groups in total. The van der Waals surface area contributed by atoms with E-state index in [1.165, 1.54) is 32.3 Å². The molecular formula is C40H26N2S. The highest BCUT2D eigenvalue weighted by Crippen LogP contribution is 2.39. The topological polar surface area (TPSA) is 25.8 Å². The van der Waals surface area contributed by atoms with Crippen LogP contribution in [0.4, 0.5) is 0 Å². The second-order valence-electron chi connectivity index (χ2n) is 10.6. The molecule has 0 unspecified atom stereocenters. The smallest absolute Gasteiger partial charge is 0.160 e. The van der Waals surface area contributed by atoms with E-state index in [0.29, 0.717) is 0 Å². The fourth-order valence-electron chi connectivity index (χ4n) is 5.71. The van der Waals surface area contributed by atoms with Gasteiger partial charge in [0.1, 0.15) is 0 Å². The standard InChI is InChI=1S/C40H26N2S/c1-3-11-27(12-4-1)31-15-9-16-32(25-31)28-21-23-29(24-22-28)33-17-10-18-34(26-33)40-41-37(30-13-5-2-6-14-30)39-38(42-40)35-19-7-8-20-36(35)43-39/h1-26H. The number of thiophene rings is 1. The average Bonchev–Trinajstić information content (AvgIpc) is 3.48. The maximum absolute atomic E-state index is 5.16. The second-order valence-corrected chi connectivity index (χ2v) is 11.7. The van der Waals surface area contributed by atoms with Crippen LogP contribution in [0.5, 0.6) is 0 Å². The van der Waals surface area contributed by atoms with Gasteiger partial charge in [-0.25, -0.2) is 9.97 Å². The Morgan fingerprint density at radius 3 is 1.51 bits per heavy atom. The maximum atomic E-state index is 5.16. The molecule has 2 heterocycles. The highest BCUT2D eigenvalue weighted by atomic mass is 32.1. The molecular weight excluding hydrogens is 541 g/mol. The first-order chi connectivity index (χ1) is 21.3. The Labute approximate surface area is 254 Å². The lowest BCUT2D eigenvalue weighted by atomic mass is 9.96. The first-order valence-electron chi connectivity index (χ1n) is 14.4. The molecule has 3 heteroatoms. The summed E-state index contributed by atoms with van der Waals surface area (Å²) in [5.74, 6) is 0.742. The molecule has 43 heavy (non-hydrogen) atoms. The van der Waals surface area contributed by atoms with Gasteiger partial charge in [0.05, 0.1) is 15.9 Å². The van der Waals surface area contributed by atoms with E-state index in [4.69, 9.17) is 9.97 Å². The van der Waals surface area contributed by atoms with Gasteiger partial charge in [0.15, 0.2) is 5.82 Å². The number of hydrogen-bond acceptors (Lipinski definition) is 3. The molecule has 0 aliphatic carbocycles. The van der Waals surface area contributed by atoms with Gasteiger partial charge in [-0.15, -0.1) is 11.3 Å². The number of fused-ring (bicyclic) bond motifs is 3. The molecule has 6 aromatic carbocycles. The van der Waals surface area contributed by atoms with Crippen molar-refractivity contribution in [3.8, 4) is 56.0 Å². The summed E-state index contributed by atoms with van der Waals surface area (Å²) in [7, 11) is 0. The second kappa shape index (κ2) is 10.8. The minimum atomic E-state index is 0.742. The first-order valence-corrected chi connectivity index (χ1v) is 15.2. The zero-order valence-electron chi connectivity index (χ0n) is 23.3.